The van der Waals surface area contributed by atoms with E-state index in [2.05, 4.69) is 19.2 Å². The molecule has 0 aliphatic heterocycles. The minimum Gasteiger partial charge on any atom is -0.314 e. The summed E-state index contributed by atoms with van der Waals surface area (Å²) in [5, 5.41) is 3.42. The normalized spacial score (nSPS) is 12.7. The standard InChI is InChI=1S/C13H20FN/c1-3-13(15-4-2)9-8-11-6-5-7-12(14)10-11/h5-7,10,13,15H,3-4,8-9H2,1-2H3. The highest BCUT2D eigenvalue weighted by molar-refractivity contribution is 5.16. The van der Waals surface area contributed by atoms with Crippen LogP contribution in [0.15, 0.2) is 24.3 Å². The van der Waals surface area contributed by atoms with Gasteiger partial charge in [0.1, 0.15) is 5.82 Å². The van der Waals surface area contributed by atoms with Crippen molar-refractivity contribution in [3.63, 3.8) is 0 Å². The number of rotatable bonds is 6. The van der Waals surface area contributed by atoms with E-state index in [1.54, 1.807) is 12.1 Å². The van der Waals surface area contributed by atoms with Crippen LogP contribution in [0.25, 0.3) is 0 Å². The molecule has 84 valence electrons. The monoisotopic (exact) mass is 209 g/mol. The molecule has 15 heavy (non-hydrogen) atoms. The Morgan fingerprint density at radius 3 is 2.73 bits per heavy atom. The van der Waals surface area contributed by atoms with Gasteiger partial charge < -0.3 is 5.32 Å². The summed E-state index contributed by atoms with van der Waals surface area (Å²) in [6.45, 7) is 5.30. The van der Waals surface area contributed by atoms with Gasteiger partial charge in [0.2, 0.25) is 0 Å². The molecule has 1 unspecified atom stereocenters. The molecule has 1 aromatic rings. The molecule has 1 atom stereocenters. The highest BCUT2D eigenvalue weighted by Gasteiger charge is 2.04. The zero-order valence-corrected chi connectivity index (χ0v) is 9.59. The molecule has 0 amide bonds. The fourth-order valence-electron chi connectivity index (χ4n) is 1.77. The molecule has 1 aromatic carbocycles. The first-order valence-corrected chi connectivity index (χ1v) is 5.74. The van der Waals surface area contributed by atoms with Gasteiger partial charge in [0.25, 0.3) is 0 Å². The molecule has 0 aliphatic rings. The minimum absolute atomic E-state index is 0.135. The highest BCUT2D eigenvalue weighted by atomic mass is 19.1. The van der Waals surface area contributed by atoms with Crippen molar-refractivity contribution in [2.75, 3.05) is 6.54 Å². The number of hydrogen-bond donors (Lipinski definition) is 1. The van der Waals surface area contributed by atoms with Crippen LogP contribution in [-0.2, 0) is 6.42 Å². The Balaban J connectivity index is 2.41. The van der Waals surface area contributed by atoms with Crippen molar-refractivity contribution in [1.82, 2.24) is 5.32 Å². The van der Waals surface area contributed by atoms with E-state index in [1.807, 2.05) is 6.07 Å². The third kappa shape index (κ3) is 4.43. The smallest absolute Gasteiger partial charge is 0.123 e. The van der Waals surface area contributed by atoms with Gasteiger partial charge in [0, 0.05) is 6.04 Å². The molecule has 0 saturated carbocycles. The van der Waals surface area contributed by atoms with E-state index < -0.39 is 0 Å². The summed E-state index contributed by atoms with van der Waals surface area (Å²) in [5.41, 5.74) is 1.09. The summed E-state index contributed by atoms with van der Waals surface area (Å²) in [4.78, 5) is 0. The molecule has 0 aliphatic carbocycles. The summed E-state index contributed by atoms with van der Waals surface area (Å²) in [6, 6.07) is 7.43. The van der Waals surface area contributed by atoms with Crippen LogP contribution in [0.4, 0.5) is 4.39 Å². The van der Waals surface area contributed by atoms with Gasteiger partial charge in [-0.05, 0) is 43.5 Å². The van der Waals surface area contributed by atoms with Gasteiger partial charge in [-0.25, -0.2) is 4.39 Å². The van der Waals surface area contributed by atoms with E-state index in [9.17, 15) is 4.39 Å². The van der Waals surface area contributed by atoms with Crippen molar-refractivity contribution in [1.29, 1.82) is 0 Å². The van der Waals surface area contributed by atoms with E-state index in [1.165, 1.54) is 6.07 Å². The molecule has 2 heteroatoms. The average molecular weight is 209 g/mol. The third-order valence-corrected chi connectivity index (χ3v) is 2.66. The van der Waals surface area contributed by atoms with Crippen LogP contribution in [0.3, 0.4) is 0 Å². The highest BCUT2D eigenvalue weighted by Crippen LogP contribution is 2.09. The number of hydrogen-bond acceptors (Lipinski definition) is 1. The molecule has 1 N–H and O–H groups in total. The Morgan fingerprint density at radius 2 is 2.13 bits per heavy atom. The lowest BCUT2D eigenvalue weighted by molar-refractivity contribution is 0.480. The Bertz CT molecular complexity index is 286. The van der Waals surface area contributed by atoms with Crippen LogP contribution in [0.2, 0.25) is 0 Å². The Labute approximate surface area is 91.7 Å². The van der Waals surface area contributed by atoms with E-state index in [-0.39, 0.29) is 5.82 Å². The van der Waals surface area contributed by atoms with Gasteiger partial charge in [-0.15, -0.1) is 0 Å². The number of halogens is 1. The van der Waals surface area contributed by atoms with Gasteiger partial charge in [-0.1, -0.05) is 26.0 Å². The molecule has 0 fully saturated rings. The second-order valence-electron chi connectivity index (χ2n) is 3.83. The van der Waals surface area contributed by atoms with Crippen molar-refractivity contribution >= 4 is 0 Å². The van der Waals surface area contributed by atoms with Gasteiger partial charge >= 0.3 is 0 Å². The van der Waals surface area contributed by atoms with Crippen LogP contribution in [-0.4, -0.2) is 12.6 Å². The third-order valence-electron chi connectivity index (χ3n) is 2.66. The van der Waals surface area contributed by atoms with Gasteiger partial charge in [-0.2, -0.15) is 0 Å². The van der Waals surface area contributed by atoms with Crippen LogP contribution >= 0.6 is 0 Å². The van der Waals surface area contributed by atoms with Crippen LogP contribution in [0.5, 0.6) is 0 Å². The lowest BCUT2D eigenvalue weighted by Crippen LogP contribution is -2.28. The first kappa shape index (κ1) is 12.2. The minimum atomic E-state index is -0.135. The first-order chi connectivity index (χ1) is 7.26. The zero-order chi connectivity index (χ0) is 11.1. The van der Waals surface area contributed by atoms with Crippen molar-refractivity contribution < 1.29 is 4.39 Å². The predicted molar refractivity (Wildman–Crippen MR) is 62.5 cm³/mol. The molecular formula is C13H20FN. The number of nitrogens with one attached hydrogen (secondary N) is 1. The molecule has 1 rings (SSSR count). The van der Waals surface area contributed by atoms with E-state index >= 15 is 0 Å². The second-order valence-corrected chi connectivity index (χ2v) is 3.83. The Hall–Kier alpha value is -0.890. The average Bonchev–Trinajstić information content (AvgIpc) is 2.24. The van der Waals surface area contributed by atoms with Crippen molar-refractivity contribution in [3.8, 4) is 0 Å². The Morgan fingerprint density at radius 1 is 1.33 bits per heavy atom. The van der Waals surface area contributed by atoms with E-state index in [0.29, 0.717) is 6.04 Å². The molecule has 0 heterocycles. The fraction of sp³-hybridized carbons (Fsp3) is 0.538. The van der Waals surface area contributed by atoms with Crippen LogP contribution in [0, 0.1) is 5.82 Å². The summed E-state index contributed by atoms with van der Waals surface area (Å²) in [5.74, 6) is -0.135. The van der Waals surface area contributed by atoms with E-state index in [0.717, 1.165) is 31.4 Å². The molecule has 1 nitrogen and oxygen atoms in total. The zero-order valence-electron chi connectivity index (χ0n) is 9.59. The maximum atomic E-state index is 12.9. The SMILES string of the molecule is CCNC(CC)CCc1cccc(F)c1. The van der Waals surface area contributed by atoms with Crippen LogP contribution < -0.4 is 5.32 Å². The van der Waals surface area contributed by atoms with E-state index in [4.69, 9.17) is 0 Å². The molecule has 0 radical (unpaired) electrons. The van der Waals surface area contributed by atoms with Crippen LogP contribution in [0.1, 0.15) is 32.3 Å². The Kier molecular flexibility index (Phi) is 5.33. The predicted octanol–water partition coefficient (Wildman–Crippen LogP) is 3.15. The molecule has 0 spiro atoms. The molecule has 0 aromatic heterocycles. The molecule has 0 saturated heterocycles. The number of aryl methyl sites for hydroxylation is 1. The van der Waals surface area contributed by atoms with Gasteiger partial charge in [0.15, 0.2) is 0 Å². The maximum absolute atomic E-state index is 12.9. The maximum Gasteiger partial charge on any atom is 0.123 e. The quantitative estimate of drug-likeness (QED) is 0.759. The summed E-state index contributed by atoms with van der Waals surface area (Å²) in [7, 11) is 0. The van der Waals surface area contributed by atoms with Gasteiger partial charge in [-0.3, -0.25) is 0 Å². The second kappa shape index (κ2) is 6.57. The van der Waals surface area contributed by atoms with Crippen molar-refractivity contribution in [2.24, 2.45) is 0 Å². The van der Waals surface area contributed by atoms with Crippen molar-refractivity contribution in [2.45, 2.75) is 39.2 Å². The summed E-state index contributed by atoms with van der Waals surface area (Å²) in [6.07, 6.45) is 3.15. The summed E-state index contributed by atoms with van der Waals surface area (Å²) < 4.78 is 12.9. The largest absolute Gasteiger partial charge is 0.314 e. The molecule has 0 bridgehead atoms. The van der Waals surface area contributed by atoms with Crippen molar-refractivity contribution in [3.05, 3.63) is 35.6 Å². The first-order valence-electron chi connectivity index (χ1n) is 5.74. The lowest BCUT2D eigenvalue weighted by atomic mass is 10.0. The fourth-order valence-corrected chi connectivity index (χ4v) is 1.77. The lowest BCUT2D eigenvalue weighted by Gasteiger charge is -2.15. The van der Waals surface area contributed by atoms with Gasteiger partial charge in [0.05, 0.1) is 0 Å². The number of benzene rings is 1. The topological polar surface area (TPSA) is 12.0 Å². The summed E-state index contributed by atoms with van der Waals surface area (Å²) >= 11 is 0. The molecular weight excluding hydrogens is 189 g/mol.